The van der Waals surface area contributed by atoms with Crippen molar-refractivity contribution in [3.05, 3.63) is 41.5 Å². The van der Waals surface area contributed by atoms with E-state index in [0.29, 0.717) is 31.2 Å². The monoisotopic (exact) mass is 565 g/mol. The molecule has 0 aliphatic heterocycles. The molecule has 4 aliphatic rings. The molecule has 0 radical (unpaired) electrons. The standard InChI is InChI=1S/C33H43NO7/c1-31-15-12-23(35)18-22(31)6-9-25-26(31)13-16-32(2)27(25)14-17-33(32,39)28(36)20-41-30(38)11-10-29(37)34-19-21-4-7-24(40-3)8-5-21/h4-5,7-8,18,25-27,39H,6,9-17,19-20H2,1-3H3,(H,34,37)/t25-,26-,27+,31-,32-,33-/m0/s1. The van der Waals surface area contributed by atoms with Crippen LogP contribution in [-0.2, 0) is 30.5 Å². The molecule has 1 aromatic carbocycles. The maximum absolute atomic E-state index is 13.4. The van der Waals surface area contributed by atoms with Crippen molar-refractivity contribution < 1.29 is 33.8 Å². The third-order valence-electron chi connectivity index (χ3n) is 11.1. The van der Waals surface area contributed by atoms with Crippen LogP contribution in [0.1, 0.15) is 83.6 Å². The van der Waals surface area contributed by atoms with Gasteiger partial charge in [-0.05, 0) is 91.9 Å². The first kappa shape index (κ1) is 29.5. The Bertz CT molecular complexity index is 1240. The molecule has 1 aromatic rings. The van der Waals surface area contributed by atoms with Crippen molar-refractivity contribution in [2.75, 3.05) is 13.7 Å². The van der Waals surface area contributed by atoms with Gasteiger partial charge in [0.15, 0.2) is 12.4 Å². The molecule has 5 rings (SSSR count). The van der Waals surface area contributed by atoms with Gasteiger partial charge < -0.3 is 19.9 Å². The Morgan fingerprint density at radius 3 is 2.44 bits per heavy atom. The number of Topliss-reactive ketones (excluding diaryl/α,β-unsaturated/α-hetero) is 1. The van der Waals surface area contributed by atoms with Gasteiger partial charge in [0, 0.05) is 24.8 Å². The SMILES string of the molecule is COc1ccc(CNC(=O)CCC(=O)OCC(=O)[C@@]2(O)CC[C@@H]3[C@H]4CCC5=CC(=O)CC[C@]5(C)[C@H]4CC[C@@]32C)cc1. The van der Waals surface area contributed by atoms with Crippen LogP contribution in [-0.4, -0.2) is 47.9 Å². The number of ketones is 2. The van der Waals surface area contributed by atoms with Crippen molar-refractivity contribution in [3.8, 4) is 5.75 Å². The van der Waals surface area contributed by atoms with Gasteiger partial charge in [-0.1, -0.05) is 31.6 Å². The zero-order valence-corrected chi connectivity index (χ0v) is 24.5. The highest BCUT2D eigenvalue weighted by molar-refractivity contribution is 5.92. The van der Waals surface area contributed by atoms with Crippen molar-refractivity contribution in [1.29, 1.82) is 0 Å². The quantitative estimate of drug-likeness (QED) is 0.424. The van der Waals surface area contributed by atoms with E-state index in [1.54, 1.807) is 7.11 Å². The van der Waals surface area contributed by atoms with Crippen molar-refractivity contribution in [2.45, 2.75) is 90.2 Å². The number of methoxy groups -OCH3 is 1. The maximum atomic E-state index is 13.4. The second kappa shape index (κ2) is 11.3. The summed E-state index contributed by atoms with van der Waals surface area (Å²) in [5.74, 6) is 0.698. The number of benzene rings is 1. The average Bonchev–Trinajstić information content (AvgIpc) is 3.25. The number of amides is 1. The highest BCUT2D eigenvalue weighted by Gasteiger charge is 2.66. The van der Waals surface area contributed by atoms with E-state index in [1.807, 2.05) is 37.3 Å². The Kier molecular flexibility index (Phi) is 8.16. The van der Waals surface area contributed by atoms with E-state index in [9.17, 15) is 24.3 Å². The Morgan fingerprint density at radius 1 is 0.976 bits per heavy atom. The van der Waals surface area contributed by atoms with Gasteiger partial charge >= 0.3 is 5.97 Å². The zero-order valence-electron chi connectivity index (χ0n) is 24.5. The highest BCUT2D eigenvalue weighted by Crippen LogP contribution is 2.67. The van der Waals surface area contributed by atoms with Gasteiger partial charge in [0.2, 0.25) is 11.7 Å². The molecular formula is C33H43NO7. The van der Waals surface area contributed by atoms with Gasteiger partial charge in [0.1, 0.15) is 11.4 Å². The van der Waals surface area contributed by atoms with Gasteiger partial charge in [-0.25, -0.2) is 0 Å². The first-order chi connectivity index (χ1) is 19.5. The molecule has 0 spiro atoms. The van der Waals surface area contributed by atoms with E-state index in [2.05, 4.69) is 12.2 Å². The van der Waals surface area contributed by atoms with E-state index in [4.69, 9.17) is 9.47 Å². The lowest BCUT2D eigenvalue weighted by Gasteiger charge is -2.58. The fourth-order valence-electron chi connectivity index (χ4n) is 8.62. The fourth-order valence-corrected chi connectivity index (χ4v) is 8.62. The minimum atomic E-state index is -1.53. The fraction of sp³-hybridized carbons (Fsp3) is 0.636. The normalized spacial score (nSPS) is 34.0. The average molecular weight is 566 g/mol. The number of rotatable bonds is 9. The maximum Gasteiger partial charge on any atom is 0.306 e. The minimum Gasteiger partial charge on any atom is -0.497 e. The van der Waals surface area contributed by atoms with Crippen LogP contribution in [0, 0.1) is 28.6 Å². The topological polar surface area (TPSA) is 119 Å². The summed E-state index contributed by atoms with van der Waals surface area (Å²) in [6, 6.07) is 7.33. The van der Waals surface area contributed by atoms with Gasteiger partial charge in [-0.3, -0.25) is 19.2 Å². The number of hydrogen-bond acceptors (Lipinski definition) is 7. The molecule has 8 nitrogen and oxygen atoms in total. The van der Waals surface area contributed by atoms with Gasteiger partial charge in [0.05, 0.1) is 13.5 Å². The molecule has 4 aliphatic carbocycles. The molecule has 0 bridgehead atoms. The number of allylic oxidation sites excluding steroid dienone is 1. The van der Waals surface area contributed by atoms with Crippen molar-refractivity contribution in [3.63, 3.8) is 0 Å². The molecule has 0 saturated heterocycles. The molecule has 0 aromatic heterocycles. The molecule has 2 N–H and O–H groups in total. The molecule has 3 saturated carbocycles. The van der Waals surface area contributed by atoms with Gasteiger partial charge in [-0.15, -0.1) is 0 Å². The first-order valence-corrected chi connectivity index (χ1v) is 15.0. The molecule has 3 fully saturated rings. The van der Waals surface area contributed by atoms with Crippen molar-refractivity contribution in [2.24, 2.45) is 28.6 Å². The predicted octanol–water partition coefficient (Wildman–Crippen LogP) is 4.47. The summed E-state index contributed by atoms with van der Waals surface area (Å²) in [5, 5.41) is 14.6. The molecular weight excluding hydrogens is 522 g/mol. The Balaban J connectivity index is 1.12. The summed E-state index contributed by atoms with van der Waals surface area (Å²) in [4.78, 5) is 50.1. The number of aliphatic hydroxyl groups is 1. The van der Waals surface area contributed by atoms with E-state index in [1.165, 1.54) is 5.57 Å². The van der Waals surface area contributed by atoms with Gasteiger partial charge in [0.25, 0.3) is 0 Å². The third kappa shape index (κ3) is 5.36. The summed E-state index contributed by atoms with van der Waals surface area (Å²) in [7, 11) is 1.59. The number of hydrogen-bond donors (Lipinski definition) is 2. The highest BCUT2D eigenvalue weighted by atomic mass is 16.5. The number of fused-ring (bicyclic) bond motifs is 5. The van der Waals surface area contributed by atoms with Crippen LogP contribution in [0.5, 0.6) is 5.75 Å². The smallest absolute Gasteiger partial charge is 0.306 e. The lowest BCUT2D eigenvalue weighted by molar-refractivity contribution is -0.170. The van der Waals surface area contributed by atoms with E-state index < -0.39 is 29.4 Å². The molecule has 0 heterocycles. The number of carbonyl (C=O) groups is 4. The number of carbonyl (C=O) groups excluding carboxylic acids is 4. The summed E-state index contributed by atoms with van der Waals surface area (Å²) >= 11 is 0. The first-order valence-electron chi connectivity index (χ1n) is 15.0. The number of ether oxygens (including phenoxy) is 2. The van der Waals surface area contributed by atoms with E-state index in [-0.39, 0.29) is 35.9 Å². The zero-order chi connectivity index (χ0) is 29.4. The second-order valence-electron chi connectivity index (χ2n) is 13.0. The van der Waals surface area contributed by atoms with Crippen molar-refractivity contribution in [1.82, 2.24) is 5.32 Å². The van der Waals surface area contributed by atoms with Crippen LogP contribution in [0.4, 0.5) is 0 Å². The molecule has 6 atom stereocenters. The second-order valence-corrected chi connectivity index (χ2v) is 13.0. The number of nitrogens with one attached hydrogen (secondary N) is 1. The Labute approximate surface area is 242 Å². The lowest BCUT2D eigenvalue weighted by Crippen LogP contribution is -2.58. The van der Waals surface area contributed by atoms with Crippen LogP contribution >= 0.6 is 0 Å². The van der Waals surface area contributed by atoms with E-state index in [0.717, 1.165) is 49.8 Å². The lowest BCUT2D eigenvalue weighted by atomic mass is 9.46. The van der Waals surface area contributed by atoms with Crippen molar-refractivity contribution >= 4 is 23.4 Å². The van der Waals surface area contributed by atoms with Gasteiger partial charge in [-0.2, -0.15) is 0 Å². The summed E-state index contributed by atoms with van der Waals surface area (Å²) < 4.78 is 10.4. The van der Waals surface area contributed by atoms with Crippen LogP contribution in [0.25, 0.3) is 0 Å². The Hall–Kier alpha value is -3.00. The van der Waals surface area contributed by atoms with Crippen LogP contribution in [0.15, 0.2) is 35.9 Å². The molecule has 41 heavy (non-hydrogen) atoms. The van der Waals surface area contributed by atoms with Crippen LogP contribution < -0.4 is 10.1 Å². The summed E-state index contributed by atoms with van der Waals surface area (Å²) in [5.41, 5.74) is 0.133. The largest absolute Gasteiger partial charge is 0.497 e. The Morgan fingerprint density at radius 2 is 1.71 bits per heavy atom. The summed E-state index contributed by atoms with van der Waals surface area (Å²) in [6.45, 7) is 4.22. The van der Waals surface area contributed by atoms with Crippen LogP contribution in [0.2, 0.25) is 0 Å². The predicted molar refractivity (Wildman–Crippen MR) is 152 cm³/mol. The molecule has 8 heteroatoms. The molecule has 222 valence electrons. The summed E-state index contributed by atoms with van der Waals surface area (Å²) in [6.07, 6.45) is 7.90. The third-order valence-corrected chi connectivity index (χ3v) is 11.1. The molecule has 0 unspecified atom stereocenters. The molecule has 1 amide bonds. The van der Waals surface area contributed by atoms with E-state index >= 15 is 0 Å². The van der Waals surface area contributed by atoms with Crippen LogP contribution in [0.3, 0.4) is 0 Å². The minimum absolute atomic E-state index is 0.0271. The number of esters is 1.